The van der Waals surface area contributed by atoms with Crippen molar-refractivity contribution in [3.8, 4) is 17.2 Å². The molecule has 1 amide bonds. The number of benzene rings is 3. The maximum Gasteiger partial charge on any atom is 0.271 e. The predicted molar refractivity (Wildman–Crippen MR) is 131 cm³/mol. The average molecular weight is 472 g/mol. The van der Waals surface area contributed by atoms with E-state index in [4.69, 9.17) is 9.47 Å². The summed E-state index contributed by atoms with van der Waals surface area (Å²) >= 11 is 1.48. The van der Waals surface area contributed by atoms with E-state index >= 15 is 0 Å². The number of rotatable bonds is 5. The second-order valence-corrected chi connectivity index (χ2v) is 8.79. The third kappa shape index (κ3) is 4.82. The van der Waals surface area contributed by atoms with Crippen LogP contribution in [-0.4, -0.2) is 28.9 Å². The Labute approximate surface area is 200 Å². The summed E-state index contributed by atoms with van der Waals surface area (Å²) in [5, 5.41) is 8.04. The minimum Gasteiger partial charge on any atom is -0.486 e. The summed E-state index contributed by atoms with van der Waals surface area (Å²) in [6.07, 6.45) is 0. The van der Waals surface area contributed by atoms with Gasteiger partial charge in [0.05, 0.1) is 5.69 Å². The lowest BCUT2D eigenvalue weighted by molar-refractivity contribution is 0.102. The number of fused-ring (bicyclic) bond motifs is 1. The number of nitrogens with zero attached hydrogens (tertiary/aromatic N) is 2. The molecular formula is C26H21N3O4S. The zero-order chi connectivity index (χ0) is 23.5. The molecule has 0 atom stereocenters. The number of nitrogens with one attached hydrogen (secondary N) is 1. The first-order valence-electron chi connectivity index (χ1n) is 10.7. The van der Waals surface area contributed by atoms with Gasteiger partial charge in [-0.1, -0.05) is 29.5 Å². The molecule has 5 rings (SSSR count). The smallest absolute Gasteiger partial charge is 0.271 e. The number of amides is 1. The van der Waals surface area contributed by atoms with E-state index in [0.717, 1.165) is 4.90 Å². The Balaban J connectivity index is 1.32. The number of aryl methyl sites for hydroxylation is 1. The Morgan fingerprint density at radius 2 is 1.65 bits per heavy atom. The normalized spacial score (nSPS) is 12.3. The molecule has 0 spiro atoms. The maximum absolute atomic E-state index is 12.7. The highest BCUT2D eigenvalue weighted by atomic mass is 32.2. The summed E-state index contributed by atoms with van der Waals surface area (Å²) in [4.78, 5) is 26.2. The number of aromatic nitrogens is 2. The Kier molecular flexibility index (Phi) is 6.05. The molecule has 0 radical (unpaired) electrons. The van der Waals surface area contributed by atoms with Crippen molar-refractivity contribution < 1.29 is 14.3 Å². The first-order valence-corrected chi connectivity index (χ1v) is 11.5. The maximum atomic E-state index is 12.7. The third-order valence-electron chi connectivity index (χ3n) is 5.19. The van der Waals surface area contributed by atoms with E-state index in [2.05, 4.69) is 10.4 Å². The molecule has 1 aliphatic heterocycles. The predicted octanol–water partition coefficient (Wildman–Crippen LogP) is 4.72. The summed E-state index contributed by atoms with van der Waals surface area (Å²) in [6.45, 7) is 3.02. The lowest BCUT2D eigenvalue weighted by atomic mass is 10.2. The topological polar surface area (TPSA) is 82.5 Å². The standard InChI is InChI=1S/C26H21N3O4S/c1-17-2-9-21(10-3-17)34-24-12-13-25(30)29(28-24)20-7-4-18(5-8-20)26(31)27-19-6-11-22-23(16-19)33-15-14-32-22/h2-13,16H,14-15H2,1H3,(H,27,31). The molecule has 0 saturated carbocycles. The van der Waals surface area contributed by atoms with Gasteiger partial charge in [-0.3, -0.25) is 9.59 Å². The fraction of sp³-hybridized carbons (Fsp3) is 0.115. The summed E-state index contributed by atoms with van der Waals surface area (Å²) in [7, 11) is 0. The number of carbonyl (C=O) groups excluding carboxylic acids is 1. The molecule has 3 aromatic carbocycles. The third-order valence-corrected chi connectivity index (χ3v) is 6.13. The highest BCUT2D eigenvalue weighted by molar-refractivity contribution is 7.99. The number of ether oxygens (including phenoxy) is 2. The van der Waals surface area contributed by atoms with Crippen molar-refractivity contribution in [1.29, 1.82) is 0 Å². The second-order valence-electron chi connectivity index (χ2n) is 7.70. The van der Waals surface area contributed by atoms with E-state index in [9.17, 15) is 9.59 Å². The van der Waals surface area contributed by atoms with Crippen molar-refractivity contribution in [2.45, 2.75) is 16.8 Å². The van der Waals surface area contributed by atoms with Crippen molar-refractivity contribution in [3.63, 3.8) is 0 Å². The highest BCUT2D eigenvalue weighted by Gasteiger charge is 2.14. The number of carbonyl (C=O) groups is 1. The van der Waals surface area contributed by atoms with Gasteiger partial charge in [-0.05, 0) is 61.5 Å². The van der Waals surface area contributed by atoms with Crippen LogP contribution in [0, 0.1) is 6.92 Å². The fourth-order valence-electron chi connectivity index (χ4n) is 3.44. The van der Waals surface area contributed by atoms with Crippen LogP contribution in [0.5, 0.6) is 11.5 Å². The number of hydrogen-bond donors (Lipinski definition) is 1. The Morgan fingerprint density at radius 1 is 0.912 bits per heavy atom. The highest BCUT2D eigenvalue weighted by Crippen LogP contribution is 2.32. The summed E-state index contributed by atoms with van der Waals surface area (Å²) in [5.74, 6) is 0.995. The SMILES string of the molecule is Cc1ccc(Sc2ccc(=O)n(-c3ccc(C(=O)Nc4ccc5c(c4)OCCO5)cc3)n2)cc1. The molecule has 8 heteroatoms. The Bertz CT molecular complexity index is 1400. The fourth-order valence-corrected chi connectivity index (χ4v) is 4.21. The second kappa shape index (κ2) is 9.44. The van der Waals surface area contributed by atoms with Crippen LogP contribution in [-0.2, 0) is 0 Å². The van der Waals surface area contributed by atoms with Crippen LogP contribution < -0.4 is 20.3 Å². The zero-order valence-electron chi connectivity index (χ0n) is 18.4. The van der Waals surface area contributed by atoms with E-state index in [0.29, 0.717) is 46.7 Å². The van der Waals surface area contributed by atoms with Gasteiger partial charge in [0.2, 0.25) is 0 Å². The van der Waals surface area contributed by atoms with E-state index in [1.165, 1.54) is 28.1 Å². The van der Waals surface area contributed by atoms with Crippen molar-refractivity contribution in [2.75, 3.05) is 18.5 Å². The Hall–Kier alpha value is -4.04. The van der Waals surface area contributed by atoms with Gasteiger partial charge >= 0.3 is 0 Å². The van der Waals surface area contributed by atoms with Crippen molar-refractivity contribution in [2.24, 2.45) is 0 Å². The molecule has 170 valence electrons. The largest absolute Gasteiger partial charge is 0.486 e. The minimum absolute atomic E-state index is 0.248. The molecular weight excluding hydrogens is 450 g/mol. The van der Waals surface area contributed by atoms with Crippen LogP contribution in [0.25, 0.3) is 5.69 Å². The molecule has 7 nitrogen and oxygen atoms in total. The molecule has 0 aliphatic carbocycles. The van der Waals surface area contributed by atoms with Gasteiger partial charge in [0.25, 0.3) is 11.5 Å². The lowest BCUT2D eigenvalue weighted by Crippen LogP contribution is -2.20. The summed E-state index contributed by atoms with van der Waals surface area (Å²) in [5.41, 5.74) is 2.57. The van der Waals surface area contributed by atoms with Gasteiger partial charge in [0, 0.05) is 28.3 Å². The van der Waals surface area contributed by atoms with Gasteiger partial charge in [-0.25, -0.2) is 0 Å². The Morgan fingerprint density at radius 3 is 2.41 bits per heavy atom. The van der Waals surface area contributed by atoms with Crippen molar-refractivity contribution >= 4 is 23.4 Å². The zero-order valence-corrected chi connectivity index (χ0v) is 19.2. The summed E-state index contributed by atoms with van der Waals surface area (Å²) < 4.78 is 12.4. The molecule has 2 heterocycles. The van der Waals surface area contributed by atoms with E-state index in [-0.39, 0.29) is 11.5 Å². The van der Waals surface area contributed by atoms with Crippen LogP contribution in [0.2, 0.25) is 0 Å². The molecule has 0 fully saturated rings. The average Bonchev–Trinajstić information content (AvgIpc) is 2.86. The first-order chi connectivity index (χ1) is 16.5. The molecule has 1 N–H and O–H groups in total. The van der Waals surface area contributed by atoms with Crippen LogP contribution in [0.4, 0.5) is 5.69 Å². The van der Waals surface area contributed by atoms with Gasteiger partial charge in [-0.15, -0.1) is 0 Å². The van der Waals surface area contributed by atoms with Crippen LogP contribution in [0.15, 0.2) is 93.6 Å². The monoisotopic (exact) mass is 471 g/mol. The molecule has 1 aromatic heterocycles. The van der Waals surface area contributed by atoms with Crippen LogP contribution in [0.3, 0.4) is 0 Å². The van der Waals surface area contributed by atoms with Crippen LogP contribution in [0.1, 0.15) is 15.9 Å². The van der Waals surface area contributed by atoms with Gasteiger partial charge in [0.15, 0.2) is 11.5 Å². The molecule has 1 aliphatic rings. The van der Waals surface area contributed by atoms with E-state index in [1.807, 2.05) is 31.2 Å². The van der Waals surface area contributed by atoms with Gasteiger partial charge in [-0.2, -0.15) is 9.78 Å². The van der Waals surface area contributed by atoms with Gasteiger partial charge in [0.1, 0.15) is 18.2 Å². The van der Waals surface area contributed by atoms with E-state index < -0.39 is 0 Å². The van der Waals surface area contributed by atoms with Gasteiger partial charge < -0.3 is 14.8 Å². The summed E-state index contributed by atoms with van der Waals surface area (Å²) in [6, 6.07) is 23.3. The lowest BCUT2D eigenvalue weighted by Gasteiger charge is -2.19. The molecule has 0 bridgehead atoms. The first kappa shape index (κ1) is 21.8. The number of hydrogen-bond acceptors (Lipinski definition) is 6. The van der Waals surface area contributed by atoms with Crippen molar-refractivity contribution in [1.82, 2.24) is 9.78 Å². The van der Waals surface area contributed by atoms with E-state index in [1.54, 1.807) is 48.5 Å². The van der Waals surface area contributed by atoms with Crippen molar-refractivity contribution in [3.05, 3.63) is 100 Å². The number of anilines is 1. The molecule has 34 heavy (non-hydrogen) atoms. The quantitative estimate of drug-likeness (QED) is 0.454. The molecule has 0 saturated heterocycles. The minimum atomic E-state index is -0.271. The molecule has 4 aromatic rings. The molecule has 0 unspecified atom stereocenters. The van der Waals surface area contributed by atoms with Crippen LogP contribution >= 0.6 is 11.8 Å².